The van der Waals surface area contributed by atoms with Crippen molar-refractivity contribution >= 4 is 23.5 Å². The van der Waals surface area contributed by atoms with E-state index < -0.39 is 70.0 Å². The van der Waals surface area contributed by atoms with Crippen molar-refractivity contribution in [2.75, 3.05) is 6.61 Å². The van der Waals surface area contributed by atoms with Gasteiger partial charge in [-0.1, -0.05) is 0 Å². The summed E-state index contributed by atoms with van der Waals surface area (Å²) >= 11 is 0. The molecule has 0 radical (unpaired) electrons. The number of ether oxygens (including phenoxy) is 2. The van der Waals surface area contributed by atoms with Crippen LogP contribution >= 0.6 is 0 Å². The lowest BCUT2D eigenvalue weighted by Crippen LogP contribution is -2.71. The van der Waals surface area contributed by atoms with Crippen molar-refractivity contribution in [1.82, 2.24) is 0 Å². The lowest BCUT2D eigenvalue weighted by Gasteiger charge is -2.62. The molecule has 4 fully saturated rings. The Kier molecular flexibility index (Phi) is 5.22. The van der Waals surface area contributed by atoms with Crippen LogP contribution in [0.2, 0.25) is 0 Å². The maximum Gasteiger partial charge on any atom is 0.335 e. The van der Waals surface area contributed by atoms with E-state index in [1.54, 1.807) is 27.7 Å². The first kappa shape index (κ1) is 25.1. The van der Waals surface area contributed by atoms with Crippen molar-refractivity contribution in [3.05, 3.63) is 24.2 Å². The summed E-state index contributed by atoms with van der Waals surface area (Å²) < 4.78 is 17.3. The molecule has 196 valence electrons. The first-order chi connectivity index (χ1) is 16.7. The number of rotatable bonds is 6. The number of ketones is 2. The van der Waals surface area contributed by atoms with E-state index in [0.29, 0.717) is 0 Å². The Labute approximate surface area is 207 Å². The van der Waals surface area contributed by atoms with Gasteiger partial charge in [0.25, 0.3) is 0 Å². The van der Waals surface area contributed by atoms with Gasteiger partial charge in [0, 0.05) is 17.8 Å². The smallest absolute Gasteiger partial charge is 0.335 e. The molecule has 2 aliphatic carbocycles. The quantitative estimate of drug-likeness (QED) is 0.387. The second kappa shape index (κ2) is 7.49. The minimum Gasteiger partial charge on any atom is -0.481 e. The molecule has 2 saturated carbocycles. The molecule has 36 heavy (non-hydrogen) atoms. The minimum atomic E-state index is -1.67. The summed E-state index contributed by atoms with van der Waals surface area (Å²) in [6, 6.07) is 1.50. The van der Waals surface area contributed by atoms with Gasteiger partial charge < -0.3 is 29.2 Å². The second-order valence-corrected chi connectivity index (χ2v) is 11.8. The molecular formula is C26H32O10. The Morgan fingerprint density at radius 1 is 1.08 bits per heavy atom. The molecule has 10 nitrogen and oxygen atoms in total. The topological polar surface area (TPSA) is 164 Å². The zero-order valence-corrected chi connectivity index (χ0v) is 20.8. The normalized spacial score (nSPS) is 44.6. The molecule has 1 spiro atoms. The van der Waals surface area contributed by atoms with Crippen molar-refractivity contribution in [2.24, 2.45) is 28.1 Å². The van der Waals surface area contributed by atoms with Gasteiger partial charge in [0.05, 0.1) is 47.4 Å². The number of carboxylic acids is 2. The maximum absolute atomic E-state index is 14.1. The van der Waals surface area contributed by atoms with Crippen LogP contribution in [0, 0.1) is 28.1 Å². The second-order valence-electron chi connectivity index (χ2n) is 11.8. The number of carbonyl (C=O) groups excluding carboxylic acids is 2. The number of hydrogen-bond donors (Lipinski definition) is 3. The third-order valence-electron chi connectivity index (χ3n) is 10.1. The average molecular weight is 505 g/mol. The molecular weight excluding hydrogens is 472 g/mol. The standard InChI is InChI=1S/C26H32O10/c1-22(2)15-9-16(28)24(4)14(25(15,12-27)17(35-22)10-18(29)30)5-7-23(3,19(31)13-6-8-34-11-13)26(24)20(36-26)21(32)33/h6,8,11,14-15,17,20,27H,5,7,9-10,12H2,1-4H3,(H,29,30)(H,32,33)/t14-,15-,17-,20+,23-,24-,25+,26+/m0/s1. The molecule has 8 atom stereocenters. The van der Waals surface area contributed by atoms with Gasteiger partial charge in [0.1, 0.15) is 17.6 Å². The highest BCUT2D eigenvalue weighted by Gasteiger charge is 2.87. The van der Waals surface area contributed by atoms with Crippen LogP contribution in [-0.4, -0.2) is 68.8 Å². The van der Waals surface area contributed by atoms with E-state index in [2.05, 4.69) is 0 Å². The minimum absolute atomic E-state index is 0.0515. The van der Waals surface area contributed by atoms with Crippen molar-refractivity contribution in [1.29, 1.82) is 0 Å². The number of hydrogen-bond acceptors (Lipinski definition) is 8. The van der Waals surface area contributed by atoms with Gasteiger partial charge in [-0.15, -0.1) is 0 Å². The third-order valence-corrected chi connectivity index (χ3v) is 10.1. The number of epoxide rings is 1. The fourth-order valence-corrected chi connectivity index (χ4v) is 8.57. The van der Waals surface area contributed by atoms with E-state index in [1.165, 1.54) is 18.6 Å². The van der Waals surface area contributed by atoms with Gasteiger partial charge in [0.2, 0.25) is 0 Å². The van der Waals surface area contributed by atoms with Crippen LogP contribution < -0.4 is 0 Å². The first-order valence-electron chi connectivity index (χ1n) is 12.3. The average Bonchev–Trinajstić information content (AvgIpc) is 3.27. The zero-order valence-electron chi connectivity index (χ0n) is 20.8. The predicted molar refractivity (Wildman–Crippen MR) is 121 cm³/mol. The molecule has 0 bridgehead atoms. The number of aliphatic hydroxyl groups is 1. The van der Waals surface area contributed by atoms with E-state index in [9.17, 15) is 34.5 Å². The molecule has 5 rings (SSSR count). The number of carbonyl (C=O) groups is 4. The molecule has 1 aromatic rings. The Hall–Kier alpha value is -2.56. The summed E-state index contributed by atoms with van der Waals surface area (Å²) in [6.07, 6.45) is 0.381. The van der Waals surface area contributed by atoms with Crippen molar-refractivity contribution in [3.8, 4) is 0 Å². The Morgan fingerprint density at radius 2 is 1.78 bits per heavy atom. The molecule has 2 saturated heterocycles. The molecule has 10 heteroatoms. The maximum atomic E-state index is 14.1. The molecule has 3 N–H and O–H groups in total. The summed E-state index contributed by atoms with van der Waals surface area (Å²) in [5.41, 5.74) is -6.30. The number of furan rings is 1. The van der Waals surface area contributed by atoms with Crippen LogP contribution in [-0.2, 0) is 23.9 Å². The number of aliphatic carboxylic acids is 2. The summed E-state index contributed by atoms with van der Waals surface area (Å²) in [4.78, 5) is 52.1. The highest BCUT2D eigenvalue weighted by Crippen LogP contribution is 2.76. The first-order valence-corrected chi connectivity index (χ1v) is 12.3. The van der Waals surface area contributed by atoms with Crippen LogP contribution in [0.15, 0.2) is 23.0 Å². The SMILES string of the molecule is CC1(C)O[C@@H](CC(=O)O)[C@]2(CO)[C@H]3CC[C@@](C)(C(=O)c4ccoc4)[C@@]4(O[C@@H]4C(=O)O)[C@]3(C)C(=O)C[C@@H]12. The predicted octanol–water partition coefficient (Wildman–Crippen LogP) is 2.33. The fraction of sp³-hybridized carbons (Fsp3) is 0.692. The number of fused-ring (bicyclic) bond motifs is 4. The lowest BCUT2D eigenvalue weighted by atomic mass is 9.37. The summed E-state index contributed by atoms with van der Waals surface area (Å²) in [7, 11) is 0. The van der Waals surface area contributed by atoms with E-state index in [1.807, 2.05) is 0 Å². The van der Waals surface area contributed by atoms with E-state index in [-0.39, 0.29) is 42.8 Å². The van der Waals surface area contributed by atoms with Gasteiger partial charge in [0.15, 0.2) is 11.9 Å². The molecule has 2 aliphatic heterocycles. The summed E-state index contributed by atoms with van der Waals surface area (Å²) in [6.45, 7) is 6.42. The van der Waals surface area contributed by atoms with Gasteiger partial charge in [-0.25, -0.2) is 4.79 Å². The van der Waals surface area contributed by atoms with Crippen molar-refractivity contribution < 1.29 is 48.4 Å². The largest absolute Gasteiger partial charge is 0.481 e. The molecule has 0 amide bonds. The van der Waals surface area contributed by atoms with Crippen LogP contribution in [0.3, 0.4) is 0 Å². The van der Waals surface area contributed by atoms with E-state index in [0.717, 1.165) is 0 Å². The Morgan fingerprint density at radius 3 is 2.31 bits per heavy atom. The van der Waals surface area contributed by atoms with E-state index in [4.69, 9.17) is 13.9 Å². The van der Waals surface area contributed by atoms with Gasteiger partial charge >= 0.3 is 11.9 Å². The van der Waals surface area contributed by atoms with Crippen LogP contribution in [0.4, 0.5) is 0 Å². The van der Waals surface area contributed by atoms with Gasteiger partial charge in [-0.2, -0.15) is 0 Å². The molecule has 0 aromatic carbocycles. The highest BCUT2D eigenvalue weighted by atomic mass is 16.6. The number of carboxylic acid groups (broad SMARTS) is 2. The van der Waals surface area contributed by atoms with Crippen LogP contribution in [0.1, 0.15) is 63.7 Å². The highest BCUT2D eigenvalue weighted by molar-refractivity contribution is 6.04. The summed E-state index contributed by atoms with van der Waals surface area (Å²) in [5, 5.41) is 30.7. The Balaban J connectivity index is 1.71. The number of aliphatic hydroxyl groups excluding tert-OH is 1. The molecule has 0 unspecified atom stereocenters. The fourth-order valence-electron chi connectivity index (χ4n) is 8.57. The van der Waals surface area contributed by atoms with Gasteiger partial charge in [-0.05, 0) is 52.5 Å². The van der Waals surface area contributed by atoms with Gasteiger partial charge in [-0.3, -0.25) is 14.4 Å². The van der Waals surface area contributed by atoms with Crippen molar-refractivity contribution in [2.45, 2.75) is 76.8 Å². The van der Waals surface area contributed by atoms with Crippen LogP contribution in [0.25, 0.3) is 0 Å². The molecule has 1 aromatic heterocycles. The molecule has 3 heterocycles. The van der Waals surface area contributed by atoms with Crippen molar-refractivity contribution in [3.63, 3.8) is 0 Å². The Bertz CT molecular complexity index is 1140. The molecule has 4 aliphatic rings. The number of Topliss-reactive ketones (excluding diaryl/α,β-unsaturated/α-hetero) is 2. The van der Waals surface area contributed by atoms with Crippen LogP contribution in [0.5, 0.6) is 0 Å². The summed E-state index contributed by atoms with van der Waals surface area (Å²) in [5.74, 6) is -4.16. The zero-order chi connectivity index (χ0) is 26.5. The third kappa shape index (κ3) is 2.72. The monoisotopic (exact) mass is 504 g/mol. The lowest BCUT2D eigenvalue weighted by molar-refractivity contribution is -0.188. The van der Waals surface area contributed by atoms with E-state index >= 15 is 0 Å².